The molecule has 1 heterocycles. The van der Waals surface area contributed by atoms with E-state index in [9.17, 15) is 50.8 Å². The highest BCUT2D eigenvalue weighted by Crippen LogP contribution is 2.28. The maximum atomic E-state index is 12.8. The van der Waals surface area contributed by atoms with Gasteiger partial charge in [-0.15, -0.1) is 0 Å². The molecule has 0 amide bonds. The zero-order valence-electron chi connectivity index (χ0n) is 35.1. The van der Waals surface area contributed by atoms with Gasteiger partial charge in [-0.05, 0) is 166 Å². The van der Waals surface area contributed by atoms with Crippen molar-refractivity contribution in [3.8, 4) is 0 Å². The molecule has 0 fully saturated rings. The van der Waals surface area contributed by atoms with Gasteiger partial charge in [0.05, 0.1) is 54.9 Å². The lowest BCUT2D eigenvalue weighted by atomic mass is 9.85. The third-order valence-corrected chi connectivity index (χ3v) is 11.2. The van der Waals surface area contributed by atoms with Gasteiger partial charge in [-0.1, -0.05) is 39.2 Å². The van der Waals surface area contributed by atoms with Gasteiger partial charge in [-0.25, -0.2) is 4.79 Å². The number of esters is 1. The van der Waals surface area contributed by atoms with Gasteiger partial charge in [0.25, 0.3) is 0 Å². The second-order valence-electron chi connectivity index (χ2n) is 18.1. The average Bonchev–Trinajstić information content (AvgIpc) is 3.06. The lowest BCUT2D eigenvalue weighted by Crippen LogP contribution is -2.31. The maximum absolute atomic E-state index is 12.8. The fraction of sp³-hybridized carbons (Fsp3) is 0.932. The third-order valence-electron chi connectivity index (χ3n) is 11.2. The molecule has 0 spiro atoms. The van der Waals surface area contributed by atoms with Crippen LogP contribution in [0.25, 0.3) is 0 Å². The van der Waals surface area contributed by atoms with Crippen molar-refractivity contribution < 1.29 is 55.5 Å². The largest absolute Gasteiger partial charge is 0.459 e. The predicted molar refractivity (Wildman–Crippen MR) is 217 cm³/mol. The first-order valence-electron chi connectivity index (χ1n) is 21.9. The van der Waals surface area contributed by atoms with Crippen LogP contribution in [-0.2, 0) is 9.53 Å². The van der Waals surface area contributed by atoms with Crippen LogP contribution in [-0.4, -0.2) is 113 Å². The Hall–Kier alpha value is -1.15. The normalized spacial score (nSPS) is 35.4. The topological polar surface area (TPSA) is 208 Å². The molecule has 9 N–H and O–H groups in total. The Kier molecular flexibility index (Phi) is 28.3. The Labute approximate surface area is 333 Å². The molecule has 0 saturated heterocycles. The van der Waals surface area contributed by atoms with Crippen LogP contribution in [0, 0.1) is 5.41 Å². The van der Waals surface area contributed by atoms with Crippen molar-refractivity contribution in [2.24, 2.45) is 5.41 Å². The van der Waals surface area contributed by atoms with Gasteiger partial charge in [0.15, 0.2) is 0 Å². The number of hydrogen-bond donors (Lipinski definition) is 9. The molecule has 0 aromatic carbocycles. The number of allylic oxidation sites excluding steroid dienone is 1. The second kappa shape index (κ2) is 30.0. The van der Waals surface area contributed by atoms with Gasteiger partial charge < -0.3 is 50.7 Å². The summed E-state index contributed by atoms with van der Waals surface area (Å²) in [5.74, 6) is -0.352. The molecule has 0 aliphatic carbocycles. The van der Waals surface area contributed by atoms with Crippen LogP contribution >= 0.6 is 0 Å². The smallest absolute Gasteiger partial charge is 0.330 e. The van der Waals surface area contributed by atoms with Crippen LogP contribution in [0.4, 0.5) is 0 Å². The molecular formula is C44H84O11. The summed E-state index contributed by atoms with van der Waals surface area (Å²) in [6.45, 7) is 8.06. The van der Waals surface area contributed by atoms with Crippen LogP contribution in [0.15, 0.2) is 11.6 Å². The Morgan fingerprint density at radius 2 is 0.745 bits per heavy atom. The fourth-order valence-electron chi connectivity index (χ4n) is 7.65. The molecule has 1 aliphatic heterocycles. The van der Waals surface area contributed by atoms with E-state index in [1.807, 2.05) is 27.7 Å². The standard InChI is InChI=1S/C44H84O11/c1-32-14-6-5-7-15-37(49)29-38(50)24-10-20-35(47)22-12-26-40(52)31-41(53)30-39(51)25-11-21-34(46)18-8-16-33(45)17-9-19-36(48)23-13-27-42(44(2,3)4)55-43(54)28-32/h28,33-42,45-53H,5-27,29-31H2,1-4H3/b32-28+/t33-,34+,35+,36-,37+,38-,39-,40-,41-,42+/m1/s1. The number of cyclic esters (lactones) is 1. The molecule has 0 aromatic heterocycles. The van der Waals surface area contributed by atoms with E-state index in [1.165, 1.54) is 0 Å². The first-order chi connectivity index (χ1) is 25.9. The molecule has 10 atom stereocenters. The summed E-state index contributed by atoms with van der Waals surface area (Å²) in [6.07, 6.45) is 10.6. The predicted octanol–water partition coefficient (Wildman–Crippen LogP) is 6.29. The zero-order chi connectivity index (χ0) is 41.2. The first kappa shape index (κ1) is 51.9. The van der Waals surface area contributed by atoms with Crippen LogP contribution < -0.4 is 0 Å². The summed E-state index contributed by atoms with van der Waals surface area (Å²) in [7, 11) is 0. The molecule has 1 aliphatic rings. The van der Waals surface area contributed by atoms with Crippen molar-refractivity contribution in [1.82, 2.24) is 0 Å². The summed E-state index contributed by atoms with van der Waals surface area (Å²) >= 11 is 0. The van der Waals surface area contributed by atoms with Crippen molar-refractivity contribution in [1.29, 1.82) is 0 Å². The summed E-state index contributed by atoms with van der Waals surface area (Å²) in [6, 6.07) is 0. The Bertz CT molecular complexity index is 985. The van der Waals surface area contributed by atoms with E-state index in [1.54, 1.807) is 6.08 Å². The van der Waals surface area contributed by atoms with Gasteiger partial charge in [-0.2, -0.15) is 0 Å². The molecule has 0 aromatic rings. The molecule has 0 radical (unpaired) electrons. The summed E-state index contributed by atoms with van der Waals surface area (Å²) in [5.41, 5.74) is 0.692. The number of aliphatic hydroxyl groups is 9. The minimum absolute atomic E-state index is 0.149. The van der Waals surface area contributed by atoms with Crippen LogP contribution in [0.5, 0.6) is 0 Å². The molecule has 0 unspecified atom stereocenters. The Morgan fingerprint density at radius 3 is 1.11 bits per heavy atom. The number of ether oxygens (including phenoxy) is 1. The van der Waals surface area contributed by atoms with Gasteiger partial charge in [0.1, 0.15) is 6.10 Å². The molecule has 11 heteroatoms. The first-order valence-corrected chi connectivity index (χ1v) is 21.9. The second-order valence-corrected chi connectivity index (χ2v) is 18.1. The number of carbonyl (C=O) groups is 1. The maximum Gasteiger partial charge on any atom is 0.330 e. The van der Waals surface area contributed by atoms with E-state index in [4.69, 9.17) is 4.74 Å². The van der Waals surface area contributed by atoms with E-state index in [0.29, 0.717) is 128 Å². The Balaban J connectivity index is 2.67. The van der Waals surface area contributed by atoms with Crippen molar-refractivity contribution >= 4 is 5.97 Å². The van der Waals surface area contributed by atoms with Gasteiger partial charge in [0.2, 0.25) is 0 Å². The van der Waals surface area contributed by atoms with Gasteiger partial charge in [0, 0.05) is 6.08 Å². The van der Waals surface area contributed by atoms with E-state index in [-0.39, 0.29) is 30.3 Å². The third kappa shape index (κ3) is 28.8. The van der Waals surface area contributed by atoms with Crippen LogP contribution in [0.2, 0.25) is 0 Å². The number of rotatable bonds is 0. The molecule has 326 valence electrons. The fourth-order valence-corrected chi connectivity index (χ4v) is 7.65. The van der Waals surface area contributed by atoms with Crippen molar-refractivity contribution in [2.75, 3.05) is 0 Å². The van der Waals surface area contributed by atoms with Crippen molar-refractivity contribution in [3.63, 3.8) is 0 Å². The van der Waals surface area contributed by atoms with Crippen molar-refractivity contribution in [2.45, 2.75) is 256 Å². The van der Waals surface area contributed by atoms with E-state index in [0.717, 1.165) is 31.3 Å². The highest BCUT2D eigenvalue weighted by Gasteiger charge is 2.28. The van der Waals surface area contributed by atoms with Crippen LogP contribution in [0.1, 0.15) is 195 Å². The lowest BCUT2D eigenvalue weighted by Gasteiger charge is -2.30. The minimum atomic E-state index is -0.844. The van der Waals surface area contributed by atoms with E-state index < -0.39 is 54.9 Å². The average molecular weight is 789 g/mol. The minimum Gasteiger partial charge on any atom is -0.459 e. The molecule has 11 nitrogen and oxygen atoms in total. The molecule has 0 bridgehead atoms. The molecule has 1 rings (SSSR count). The van der Waals surface area contributed by atoms with E-state index >= 15 is 0 Å². The monoisotopic (exact) mass is 789 g/mol. The molecular weight excluding hydrogens is 704 g/mol. The van der Waals surface area contributed by atoms with E-state index in [2.05, 4.69) is 0 Å². The Morgan fingerprint density at radius 1 is 0.436 bits per heavy atom. The van der Waals surface area contributed by atoms with Crippen molar-refractivity contribution in [3.05, 3.63) is 11.6 Å². The SMILES string of the molecule is C/C1=C\C(=O)O[C@H](C(C)(C)C)CCC[C@H](O)CCC[C@H](O)CCC[C@H](O)CCC[C@@H](O)C[C@@H](O)C[C@H](O)CCC[C@@H](O)CCC[C@@H](O)C[C@@H](O)CCCCC1. The highest BCUT2D eigenvalue weighted by atomic mass is 16.5. The van der Waals surface area contributed by atoms with Gasteiger partial charge >= 0.3 is 5.97 Å². The van der Waals surface area contributed by atoms with Gasteiger partial charge in [-0.3, -0.25) is 0 Å². The van der Waals surface area contributed by atoms with Crippen LogP contribution in [0.3, 0.4) is 0 Å². The lowest BCUT2D eigenvalue weighted by molar-refractivity contribution is -0.149. The zero-order valence-corrected chi connectivity index (χ0v) is 35.1. The highest BCUT2D eigenvalue weighted by molar-refractivity contribution is 5.82. The number of aliphatic hydroxyl groups excluding tert-OH is 9. The quantitative estimate of drug-likeness (QED) is 0.125. The number of carbonyl (C=O) groups excluding carboxylic acids is 1. The summed E-state index contributed by atoms with van der Waals surface area (Å²) in [5, 5.41) is 93.8. The molecule has 0 saturated carbocycles. The molecule has 55 heavy (non-hydrogen) atoms. The summed E-state index contributed by atoms with van der Waals surface area (Å²) in [4.78, 5) is 12.8. The summed E-state index contributed by atoms with van der Waals surface area (Å²) < 4.78 is 5.89. The number of hydrogen-bond acceptors (Lipinski definition) is 11.